The van der Waals surface area contributed by atoms with Gasteiger partial charge in [0.2, 0.25) is 11.8 Å². The zero-order chi connectivity index (χ0) is 95.4. The van der Waals surface area contributed by atoms with Crippen LogP contribution in [0.25, 0.3) is 122 Å². The summed E-state index contributed by atoms with van der Waals surface area (Å²) in [6.45, 7) is 9.66. The lowest BCUT2D eigenvalue weighted by atomic mass is 9.89. The number of hydrogen-bond acceptors (Lipinski definition) is 18. The minimum atomic E-state index is -0.702. The van der Waals surface area contributed by atoms with E-state index in [0.717, 1.165) is 211 Å². The second-order valence-corrected chi connectivity index (χ2v) is 41.8. The number of H-pyrrole nitrogens is 6. The first-order valence-electron chi connectivity index (χ1n) is 50.6. The molecule has 12 aliphatic rings. The Morgan fingerprint density at radius 1 is 0.454 bits per heavy atom. The molecule has 9 aromatic carbocycles. The molecule has 27 rings (SSSR count). The molecule has 29 heteroatoms. The Morgan fingerprint density at radius 2 is 0.957 bits per heavy atom. The monoisotopic (exact) mass is 1890 g/mol. The van der Waals surface area contributed by atoms with Gasteiger partial charge in [-0.05, 0) is 229 Å². The van der Waals surface area contributed by atoms with Crippen molar-refractivity contribution in [3.05, 3.63) is 246 Å². The quantitative estimate of drug-likeness (QED) is 0.0316. The van der Waals surface area contributed by atoms with Gasteiger partial charge in [0.25, 0.3) is 0 Å². The van der Waals surface area contributed by atoms with E-state index < -0.39 is 24.3 Å². The molecule has 5 aliphatic carbocycles. The number of carbonyl (C=O) groups excluding carboxylic acids is 5. The molecule has 141 heavy (non-hydrogen) atoms. The molecule has 15 aromatic rings. The van der Waals surface area contributed by atoms with E-state index in [1.807, 2.05) is 105 Å². The summed E-state index contributed by atoms with van der Waals surface area (Å²) in [6.07, 6.45) is 17.9. The van der Waals surface area contributed by atoms with Crippen LogP contribution in [0.15, 0.2) is 182 Å². The molecule has 0 radical (unpaired) electrons. The lowest BCUT2D eigenvalue weighted by Gasteiger charge is -2.30. The number of imidazole rings is 6. The largest absolute Gasteiger partial charge is 0.492 e. The van der Waals surface area contributed by atoms with Gasteiger partial charge in [-0.15, -0.1) is 0 Å². The summed E-state index contributed by atoms with van der Waals surface area (Å²) in [5, 5.41) is 21.1. The third-order valence-corrected chi connectivity index (χ3v) is 32.1. The van der Waals surface area contributed by atoms with Crippen molar-refractivity contribution < 1.29 is 42.6 Å². The van der Waals surface area contributed by atoms with Crippen molar-refractivity contribution >= 4 is 73.4 Å². The Labute approximate surface area is 814 Å². The lowest BCUT2D eigenvalue weighted by Crippen LogP contribution is -2.51. The summed E-state index contributed by atoms with van der Waals surface area (Å²) >= 11 is 0. The number of alkyl carbamates (subject to hydrolysis) is 2. The van der Waals surface area contributed by atoms with Crippen LogP contribution in [0.2, 0.25) is 0 Å². The van der Waals surface area contributed by atoms with Gasteiger partial charge in [-0.2, -0.15) is 0 Å². The highest BCUT2D eigenvalue weighted by molar-refractivity contribution is 6.07. The van der Waals surface area contributed by atoms with E-state index in [-0.39, 0.29) is 59.4 Å². The van der Waals surface area contributed by atoms with Gasteiger partial charge in [0, 0.05) is 88.1 Å². The first-order chi connectivity index (χ1) is 68.7. The lowest BCUT2D eigenvalue weighted by molar-refractivity contribution is -0.136. The third kappa shape index (κ3) is 16.8. The summed E-state index contributed by atoms with van der Waals surface area (Å²) in [5.41, 5.74) is 22.1. The number of aryl methyl sites for hydroxylation is 2. The molecule has 6 aromatic heterocycles. The SMILES string of the molecule is COC(=O)N[C@H](C(=O)N1CCC[C@H]1c1ncc(-c2ccc(-c3ccc4c(c3)OCCc3[nH]c([C@@H]5CCCN5C(=O)[C@@H](NC(=O)OC)C(C)C)nc3-4)cc2)[nH]1)C(C)C.O=C(CN1[C@@H]2C[C@@H]2C[C@H]1c1nc2c(ccc3cc(-c4ccc(-c5cnc([C@@H]6C[C@H]7C[C@H]7N6)[nH]5)c(F)c4)ccc32)[nH]1)c1ccccc1.c1cc2c(cc1-c1ccc3c(ccc4[nH]c([C@@H]5C[C@H]6C[C@H]6N5)nc43)c1)CCc1[nH]c([C@@H]3C[C@H]4C[C@H]4N3)nc1-2. The van der Waals surface area contributed by atoms with Crippen LogP contribution >= 0.6 is 0 Å². The topological polar surface area (TPSA) is 355 Å². The maximum atomic E-state index is 15.5. The van der Waals surface area contributed by atoms with Crippen molar-refractivity contribution in [2.24, 2.45) is 35.5 Å². The fraction of sp³-hybridized carbons (Fsp3) is 0.384. The number of Topliss-reactive ketones (excluding diaryl/α,β-unsaturated/α-hetero) is 1. The van der Waals surface area contributed by atoms with Crippen LogP contribution in [0.3, 0.4) is 0 Å². The smallest absolute Gasteiger partial charge is 0.407 e. The number of piperidine rings is 4. The number of halogens is 1. The number of aromatic amines is 6. The zero-order valence-corrected chi connectivity index (χ0v) is 79.8. The van der Waals surface area contributed by atoms with E-state index in [9.17, 15) is 24.0 Å². The molecular formula is C112H115FN20O8. The minimum absolute atomic E-state index is 0.102. The van der Waals surface area contributed by atoms with Crippen molar-refractivity contribution in [1.82, 2.24) is 101 Å². The summed E-state index contributed by atoms with van der Waals surface area (Å²) < 4.78 is 31.3. The standard InChI is InChI=1S/C42H52N8O7.C38H33FN6O.C32H30N6/c1-23(2)34(47-41(53)55-5)39(51)49-18-7-9-31(49)37-43-22-30(45-37)26-13-11-25(12-14-26)27-15-16-28-33(21-27)57-20-17-29-36(28)46-38(44-29)32-10-8-19-50(32)40(52)35(24(3)4)48-42(54)56-6;39-28-13-22(7-10-27(28)32-18-40-37(43-32)31-15-24-14-30(24)41-31)21-6-9-26-23(12-21)8-11-29-36(26)44-38(42-29)34-17-25-16-33(25)45(34)19-35(46)20-4-2-1-3-5-20;1-5-21-17(3-7-23-29(21)37-31(35-23)27-13-19-11-25(19)33-27)9-15(1)16-2-6-22-18(10-16)4-8-24-30(22)38-32(36-24)28-14-20-12-26(20)34-28/h11-16,21-24,31-32,34-35H,7-10,17-20H2,1-6H3,(H,43,45)(H,44,46)(H,47,53)(H,48,54);1-13,18,24-25,30-31,33-34,41H,14-17,19H2,(H,40,43)(H,42,44);1-3,5-7,9-10,19-20,25-28,33-34H,4,8,11-14H2,(H,35,37)(H,36,38)/t31-,32-,34-,35-;24-,25-,30-,31+,33-,34+;19-,20-,25-,26-,27+,28+/m011/s1. The highest BCUT2D eigenvalue weighted by atomic mass is 19.1. The molecular weight excluding hydrogens is 1770 g/mol. The first-order valence-corrected chi connectivity index (χ1v) is 50.6. The number of ether oxygens (including phenoxy) is 3. The molecule has 11 N–H and O–H groups in total. The van der Waals surface area contributed by atoms with Gasteiger partial charge in [-0.25, -0.2) is 43.9 Å². The molecule has 13 heterocycles. The predicted molar refractivity (Wildman–Crippen MR) is 536 cm³/mol. The van der Waals surface area contributed by atoms with Gasteiger partial charge in [0.05, 0.1) is 121 Å². The number of nitrogens with zero attached hydrogens (tertiary/aromatic N) is 9. The number of methoxy groups -OCH3 is 2. The van der Waals surface area contributed by atoms with Gasteiger partial charge >= 0.3 is 12.2 Å². The van der Waals surface area contributed by atoms with Crippen molar-refractivity contribution in [2.75, 3.05) is 40.5 Å². The van der Waals surface area contributed by atoms with E-state index >= 15 is 4.39 Å². The number of nitrogens with one attached hydrogen (secondary N) is 11. The van der Waals surface area contributed by atoms with E-state index in [1.54, 1.807) is 23.4 Å². The van der Waals surface area contributed by atoms with Crippen LogP contribution in [0.1, 0.15) is 203 Å². The summed E-state index contributed by atoms with van der Waals surface area (Å²) in [7, 11) is 2.58. The van der Waals surface area contributed by atoms with Crippen molar-refractivity contribution in [1.29, 1.82) is 0 Å². The van der Waals surface area contributed by atoms with Gasteiger partial charge in [-0.3, -0.25) is 19.3 Å². The Balaban J connectivity index is 0.000000113. The number of benzene rings is 9. The zero-order valence-electron chi connectivity index (χ0n) is 79.8. The molecule has 0 spiro atoms. The Morgan fingerprint density at radius 3 is 1.57 bits per heavy atom. The van der Waals surface area contributed by atoms with E-state index in [2.05, 4.69) is 162 Å². The van der Waals surface area contributed by atoms with Crippen LogP contribution < -0.4 is 31.3 Å². The van der Waals surface area contributed by atoms with Crippen molar-refractivity contribution in [3.63, 3.8) is 0 Å². The number of rotatable bonds is 20. The molecule has 4 saturated carbocycles. The number of aromatic nitrogens is 12. The second kappa shape index (κ2) is 35.6. The molecule has 28 nitrogen and oxygen atoms in total. The number of hydrogen-bond donors (Lipinski definition) is 11. The Bertz CT molecular complexity index is 7430. The predicted octanol–water partition coefficient (Wildman–Crippen LogP) is 19.2. The van der Waals surface area contributed by atoms with E-state index in [0.29, 0.717) is 79.8 Å². The number of fused-ring (bicyclic) bond motifs is 16. The molecule has 0 bridgehead atoms. The second-order valence-electron chi connectivity index (χ2n) is 41.8. The molecule has 7 aliphatic heterocycles. The highest BCUT2D eigenvalue weighted by Gasteiger charge is 2.55. The maximum Gasteiger partial charge on any atom is 0.407 e. The molecule has 16 atom stereocenters. The molecule has 6 saturated heterocycles. The minimum Gasteiger partial charge on any atom is -0.492 e. The maximum absolute atomic E-state index is 15.5. The Kier molecular flexibility index (Phi) is 22.4. The number of amides is 4. The fourth-order valence-electron chi connectivity index (χ4n) is 24.0. The third-order valence-electron chi connectivity index (χ3n) is 32.1. The molecule has 0 unspecified atom stereocenters. The summed E-state index contributed by atoms with van der Waals surface area (Å²) in [6, 6.07) is 59.9. The normalized spacial score (nSPS) is 24.3. The fourth-order valence-corrected chi connectivity index (χ4v) is 24.0. The van der Waals surface area contributed by atoms with Crippen molar-refractivity contribution in [2.45, 2.75) is 197 Å². The van der Waals surface area contributed by atoms with Crippen LogP contribution in [0.5, 0.6) is 5.75 Å². The van der Waals surface area contributed by atoms with Crippen LogP contribution in [0.4, 0.5) is 14.0 Å². The van der Waals surface area contributed by atoms with Gasteiger partial charge in [0.15, 0.2) is 5.78 Å². The van der Waals surface area contributed by atoms with E-state index in [1.165, 1.54) is 90.7 Å². The first kappa shape index (κ1) is 88.4. The van der Waals surface area contributed by atoms with Crippen LogP contribution in [-0.2, 0) is 38.3 Å². The number of carbonyl (C=O) groups is 5. The Hall–Kier alpha value is -14.0. The van der Waals surface area contributed by atoms with Crippen molar-refractivity contribution in [3.8, 4) is 84.2 Å². The van der Waals surface area contributed by atoms with Gasteiger partial charge < -0.3 is 80.5 Å². The molecule has 718 valence electrons. The van der Waals surface area contributed by atoms with Gasteiger partial charge in [0.1, 0.15) is 58.6 Å². The van der Waals surface area contributed by atoms with E-state index in [4.69, 9.17) is 34.1 Å². The van der Waals surface area contributed by atoms with Crippen LogP contribution in [-0.4, -0.2) is 181 Å². The average molecular weight is 1890 g/mol. The van der Waals surface area contributed by atoms with Gasteiger partial charge in [-0.1, -0.05) is 149 Å². The highest BCUT2D eigenvalue weighted by Crippen LogP contribution is 2.55. The molecule has 10 fully saturated rings. The van der Waals surface area contributed by atoms with Crippen LogP contribution in [0, 0.1) is 41.3 Å². The number of likely N-dealkylation sites (tertiary alicyclic amines) is 3. The summed E-state index contributed by atoms with van der Waals surface area (Å²) in [5.74, 6) is 8.77. The summed E-state index contributed by atoms with van der Waals surface area (Å²) in [4.78, 5) is 121. The average Bonchev–Trinajstić information content (AvgIpc) is 1.51. The number of ketones is 1. The molecule has 4 amide bonds.